The second-order valence-electron chi connectivity index (χ2n) is 9.92. The van der Waals surface area contributed by atoms with Gasteiger partial charge in [0.15, 0.2) is 0 Å². The van der Waals surface area contributed by atoms with Crippen LogP contribution in [0.15, 0.2) is 30.5 Å². The standard InChI is InChI=1S/C26H36N6O8/c1-13(2)9-20(26(39)40)32-24(37)18(7-8-22(34)35)30-25(38)19(11-21(28)33)31-23(36)16(27)10-14-12-29-17-6-4-3-5-15(14)17/h3-6,12-13,16,18-20,29H,7-11,27H2,1-2H3,(H2,28,33)(H,30,38)(H,31,36)(H,32,37)(H,34,35)(H,39,40). The van der Waals surface area contributed by atoms with Gasteiger partial charge >= 0.3 is 11.9 Å². The molecule has 1 aromatic carbocycles. The summed E-state index contributed by atoms with van der Waals surface area (Å²) in [5.41, 5.74) is 12.9. The van der Waals surface area contributed by atoms with Crippen molar-refractivity contribution in [1.82, 2.24) is 20.9 Å². The first-order chi connectivity index (χ1) is 18.8. The minimum atomic E-state index is -1.52. The summed E-state index contributed by atoms with van der Waals surface area (Å²) in [6, 6.07) is 2.01. The Balaban J connectivity index is 2.15. The number of nitrogens with two attached hydrogens (primary N) is 2. The normalized spacial score (nSPS) is 14.1. The van der Waals surface area contributed by atoms with Gasteiger partial charge in [-0.2, -0.15) is 0 Å². The number of H-pyrrole nitrogens is 1. The Morgan fingerprint density at radius 1 is 0.900 bits per heavy atom. The molecule has 4 amide bonds. The number of carbonyl (C=O) groups is 6. The van der Waals surface area contributed by atoms with Crippen LogP contribution in [0.1, 0.15) is 45.1 Å². The molecule has 4 atom stereocenters. The molecule has 10 N–H and O–H groups in total. The number of para-hydroxylation sites is 1. The maximum atomic E-state index is 13.1. The SMILES string of the molecule is CC(C)CC(NC(=O)C(CCC(=O)O)NC(=O)C(CC(N)=O)NC(=O)C(N)Cc1c[nH]c2ccccc12)C(=O)O. The summed E-state index contributed by atoms with van der Waals surface area (Å²) in [5.74, 6) is -6.25. The second-order valence-corrected chi connectivity index (χ2v) is 9.92. The number of carboxylic acids is 2. The summed E-state index contributed by atoms with van der Waals surface area (Å²) in [7, 11) is 0. The molecule has 2 aromatic rings. The topological polar surface area (TPSA) is 247 Å². The Morgan fingerprint density at radius 2 is 1.50 bits per heavy atom. The number of hydrogen-bond acceptors (Lipinski definition) is 7. The third kappa shape index (κ3) is 9.69. The van der Waals surface area contributed by atoms with Crippen LogP contribution in [0.25, 0.3) is 10.9 Å². The van der Waals surface area contributed by atoms with Crippen molar-refractivity contribution in [1.29, 1.82) is 0 Å². The second kappa shape index (κ2) is 14.6. The Morgan fingerprint density at radius 3 is 2.10 bits per heavy atom. The van der Waals surface area contributed by atoms with Crippen molar-refractivity contribution < 1.29 is 39.0 Å². The van der Waals surface area contributed by atoms with Gasteiger partial charge in [0.25, 0.3) is 0 Å². The van der Waals surface area contributed by atoms with Crippen LogP contribution in [0.3, 0.4) is 0 Å². The largest absolute Gasteiger partial charge is 0.481 e. The molecule has 4 unspecified atom stereocenters. The van der Waals surface area contributed by atoms with Gasteiger partial charge in [0, 0.05) is 23.5 Å². The lowest BCUT2D eigenvalue weighted by Crippen LogP contribution is -2.58. The number of nitrogens with one attached hydrogen (secondary N) is 4. The van der Waals surface area contributed by atoms with E-state index in [2.05, 4.69) is 20.9 Å². The van der Waals surface area contributed by atoms with Crippen LogP contribution in [0.5, 0.6) is 0 Å². The van der Waals surface area contributed by atoms with Gasteiger partial charge in [-0.25, -0.2) is 4.79 Å². The highest BCUT2D eigenvalue weighted by Crippen LogP contribution is 2.19. The maximum absolute atomic E-state index is 13.1. The van der Waals surface area contributed by atoms with E-state index in [1.807, 2.05) is 24.3 Å². The first-order valence-electron chi connectivity index (χ1n) is 12.7. The third-order valence-corrected chi connectivity index (χ3v) is 6.09. The van der Waals surface area contributed by atoms with E-state index in [1.54, 1.807) is 20.0 Å². The van der Waals surface area contributed by atoms with E-state index < -0.39 is 72.6 Å². The number of rotatable bonds is 16. The van der Waals surface area contributed by atoms with Gasteiger partial charge in [0.05, 0.1) is 12.5 Å². The molecule has 40 heavy (non-hydrogen) atoms. The molecule has 218 valence electrons. The number of aromatic nitrogens is 1. The van der Waals surface area contributed by atoms with Gasteiger partial charge in [-0.1, -0.05) is 32.0 Å². The number of carbonyl (C=O) groups excluding carboxylic acids is 4. The Kier molecular flexibility index (Phi) is 11.6. The van der Waals surface area contributed by atoms with E-state index in [1.165, 1.54) is 0 Å². The molecule has 14 nitrogen and oxygen atoms in total. The zero-order chi connectivity index (χ0) is 30.0. The summed E-state index contributed by atoms with van der Waals surface area (Å²) < 4.78 is 0. The molecule has 0 bridgehead atoms. The maximum Gasteiger partial charge on any atom is 0.326 e. The van der Waals surface area contributed by atoms with E-state index >= 15 is 0 Å². The van der Waals surface area contributed by atoms with E-state index in [0.717, 1.165) is 16.5 Å². The highest BCUT2D eigenvalue weighted by atomic mass is 16.4. The Bertz CT molecular complexity index is 1240. The summed E-state index contributed by atoms with van der Waals surface area (Å²) >= 11 is 0. The summed E-state index contributed by atoms with van der Waals surface area (Å²) in [6.07, 6.45) is 0.379. The minimum absolute atomic E-state index is 0.0860. The summed E-state index contributed by atoms with van der Waals surface area (Å²) in [5, 5.41) is 26.4. The first kappa shape index (κ1) is 31.8. The average Bonchev–Trinajstić information content (AvgIpc) is 3.27. The van der Waals surface area contributed by atoms with Crippen LogP contribution in [0.4, 0.5) is 0 Å². The van der Waals surface area contributed by atoms with Gasteiger partial charge < -0.3 is 42.6 Å². The zero-order valence-corrected chi connectivity index (χ0v) is 22.3. The molecule has 0 saturated carbocycles. The first-order valence-corrected chi connectivity index (χ1v) is 12.7. The van der Waals surface area contributed by atoms with Crippen molar-refractivity contribution in [3.63, 3.8) is 0 Å². The molecule has 14 heteroatoms. The van der Waals surface area contributed by atoms with Crippen LogP contribution in [-0.4, -0.2) is 74.9 Å². The Labute approximate surface area is 230 Å². The fourth-order valence-corrected chi connectivity index (χ4v) is 4.09. The van der Waals surface area contributed by atoms with Crippen LogP contribution in [0.2, 0.25) is 0 Å². The van der Waals surface area contributed by atoms with Gasteiger partial charge in [0.2, 0.25) is 23.6 Å². The van der Waals surface area contributed by atoms with Gasteiger partial charge in [-0.3, -0.25) is 24.0 Å². The molecule has 1 aromatic heterocycles. The number of hydrogen-bond donors (Lipinski definition) is 8. The molecule has 0 spiro atoms. The number of benzene rings is 1. The van der Waals surface area contributed by atoms with Gasteiger partial charge in [0.1, 0.15) is 18.1 Å². The van der Waals surface area contributed by atoms with Crippen LogP contribution < -0.4 is 27.4 Å². The number of aromatic amines is 1. The minimum Gasteiger partial charge on any atom is -0.481 e. The summed E-state index contributed by atoms with van der Waals surface area (Å²) in [6.45, 7) is 3.51. The van der Waals surface area contributed by atoms with Crippen molar-refractivity contribution in [3.05, 3.63) is 36.0 Å². The molecule has 1 heterocycles. The van der Waals surface area contributed by atoms with Crippen LogP contribution >= 0.6 is 0 Å². The number of aliphatic carboxylic acids is 2. The Hall–Kier alpha value is -4.46. The number of carboxylic acid groups (broad SMARTS) is 2. The number of amides is 4. The molecule has 0 radical (unpaired) electrons. The molecular formula is C26H36N6O8. The molecule has 0 fully saturated rings. The molecular weight excluding hydrogens is 524 g/mol. The van der Waals surface area contributed by atoms with E-state index in [-0.39, 0.29) is 25.2 Å². The van der Waals surface area contributed by atoms with Crippen molar-refractivity contribution in [2.45, 2.75) is 70.1 Å². The molecule has 0 aliphatic heterocycles. The van der Waals surface area contributed by atoms with Crippen molar-refractivity contribution in [2.24, 2.45) is 17.4 Å². The van der Waals surface area contributed by atoms with E-state index in [0.29, 0.717) is 0 Å². The average molecular weight is 561 g/mol. The molecule has 0 aliphatic rings. The highest BCUT2D eigenvalue weighted by molar-refractivity contribution is 5.96. The molecule has 0 aliphatic carbocycles. The van der Waals surface area contributed by atoms with Crippen molar-refractivity contribution in [2.75, 3.05) is 0 Å². The van der Waals surface area contributed by atoms with Gasteiger partial charge in [-0.05, 0) is 36.8 Å². The van der Waals surface area contributed by atoms with Crippen LogP contribution in [0, 0.1) is 5.92 Å². The monoisotopic (exact) mass is 560 g/mol. The fraction of sp³-hybridized carbons (Fsp3) is 0.462. The van der Waals surface area contributed by atoms with E-state index in [9.17, 15) is 33.9 Å². The van der Waals surface area contributed by atoms with Crippen LogP contribution in [-0.2, 0) is 35.2 Å². The third-order valence-electron chi connectivity index (χ3n) is 6.09. The van der Waals surface area contributed by atoms with Crippen molar-refractivity contribution in [3.8, 4) is 0 Å². The predicted molar refractivity (Wildman–Crippen MR) is 144 cm³/mol. The fourth-order valence-electron chi connectivity index (χ4n) is 4.09. The molecule has 2 rings (SSSR count). The lowest BCUT2D eigenvalue weighted by Gasteiger charge is -2.25. The van der Waals surface area contributed by atoms with Gasteiger partial charge in [-0.15, -0.1) is 0 Å². The van der Waals surface area contributed by atoms with E-state index in [4.69, 9.17) is 16.6 Å². The quantitative estimate of drug-likeness (QED) is 0.130. The number of primary amides is 1. The predicted octanol–water partition coefficient (Wildman–Crippen LogP) is -0.637. The lowest BCUT2D eigenvalue weighted by molar-refractivity contribution is -0.143. The number of fused-ring (bicyclic) bond motifs is 1. The lowest BCUT2D eigenvalue weighted by atomic mass is 10.0. The van der Waals surface area contributed by atoms with Crippen molar-refractivity contribution >= 4 is 46.5 Å². The molecule has 0 saturated heterocycles. The smallest absolute Gasteiger partial charge is 0.326 e. The summed E-state index contributed by atoms with van der Waals surface area (Å²) in [4.78, 5) is 76.2. The zero-order valence-electron chi connectivity index (χ0n) is 22.3. The highest BCUT2D eigenvalue weighted by Gasteiger charge is 2.31.